The molecule has 12 rings (SSSR count). The van der Waals surface area contributed by atoms with E-state index in [1.54, 1.807) is 39.5 Å². The molecule has 0 saturated heterocycles. The van der Waals surface area contributed by atoms with Crippen LogP contribution >= 0.6 is 0 Å². The molecule has 75 heavy (non-hydrogen) atoms. The van der Waals surface area contributed by atoms with Crippen molar-refractivity contribution < 1.29 is 41.8 Å². The summed E-state index contributed by atoms with van der Waals surface area (Å²) >= 11 is 0. The Morgan fingerprint density at radius 3 is 1.25 bits per heavy atom. The van der Waals surface area contributed by atoms with Crippen LogP contribution < -0.4 is 33.2 Å². The van der Waals surface area contributed by atoms with E-state index in [9.17, 15) is 27.6 Å². The molecule has 21 heteroatoms. The van der Waals surface area contributed by atoms with Gasteiger partial charge in [0, 0.05) is 94.0 Å². The fraction of sp³-hybridized carbons (Fsp3) is 0.444. The van der Waals surface area contributed by atoms with Crippen molar-refractivity contribution in [3.05, 3.63) is 123 Å². The second-order valence-electron chi connectivity index (χ2n) is 20.0. The standard InChI is InChI=1S/3C18H21FN4O2/c1-25-11-3-5-16-14(9-11)17(20)22-23(16)18(24)12-6-7-21-15-4-2-10(19)8-13(12)15;2*1-25-11-3-5-16-14(9-11)17(20)23(22-16)18(24)12-6-7-21-15-4-2-10(19)8-13(12)15/h2,4,8,11-12,21H,3,5-7,9H2,1H3,(H2,20,22);2*2,4,8,11-12,21H,3,5-7,9,20H2,1H3/t11-,12?;11-,12+;11-,12-/m111/s1. The first-order chi connectivity index (χ1) is 36.2. The van der Waals surface area contributed by atoms with Gasteiger partial charge < -0.3 is 47.4 Å². The predicted octanol–water partition coefficient (Wildman–Crippen LogP) is 7.04. The van der Waals surface area contributed by atoms with Crippen LogP contribution in [0.15, 0.2) is 54.6 Å². The number of ether oxygens (including phenoxy) is 3. The van der Waals surface area contributed by atoms with Gasteiger partial charge in [0.1, 0.15) is 34.9 Å². The molecule has 3 aromatic carbocycles. The van der Waals surface area contributed by atoms with Crippen LogP contribution in [0.3, 0.4) is 0 Å². The molecule has 0 amide bonds. The monoisotopic (exact) mass is 1030 g/mol. The van der Waals surface area contributed by atoms with E-state index >= 15 is 0 Å². The van der Waals surface area contributed by atoms with E-state index in [4.69, 9.17) is 31.4 Å². The summed E-state index contributed by atoms with van der Waals surface area (Å²) in [5.41, 5.74) is 28.2. The van der Waals surface area contributed by atoms with Crippen molar-refractivity contribution in [3.63, 3.8) is 0 Å². The average molecular weight is 1030 g/mol. The van der Waals surface area contributed by atoms with Gasteiger partial charge in [-0.25, -0.2) is 17.9 Å². The molecule has 0 saturated carbocycles. The van der Waals surface area contributed by atoms with E-state index < -0.39 is 17.8 Å². The molecule has 0 fully saturated rings. The van der Waals surface area contributed by atoms with Gasteiger partial charge in [0.15, 0.2) is 0 Å². The van der Waals surface area contributed by atoms with Crippen LogP contribution in [0.25, 0.3) is 0 Å². The molecule has 3 aliphatic heterocycles. The summed E-state index contributed by atoms with van der Waals surface area (Å²) in [6.07, 6.45) is 8.86. The molecule has 0 bridgehead atoms. The van der Waals surface area contributed by atoms with E-state index in [1.807, 2.05) is 0 Å². The van der Waals surface area contributed by atoms with Crippen molar-refractivity contribution in [2.45, 2.75) is 113 Å². The van der Waals surface area contributed by atoms with E-state index in [2.05, 4.69) is 31.2 Å². The zero-order chi connectivity index (χ0) is 52.7. The second-order valence-corrected chi connectivity index (χ2v) is 20.0. The van der Waals surface area contributed by atoms with Gasteiger partial charge in [0.25, 0.3) is 17.7 Å². The van der Waals surface area contributed by atoms with Crippen LogP contribution in [-0.2, 0) is 52.7 Å². The van der Waals surface area contributed by atoms with Gasteiger partial charge in [0.05, 0.1) is 53.1 Å². The van der Waals surface area contributed by atoms with Crippen LogP contribution in [0.1, 0.15) is 121 Å². The third kappa shape index (κ3) is 10.1. The number of rotatable bonds is 6. The topological polar surface area (TPSA) is 247 Å². The second kappa shape index (κ2) is 21.5. The predicted molar refractivity (Wildman–Crippen MR) is 277 cm³/mol. The maximum absolute atomic E-state index is 13.7. The molecular weight excluding hydrogens is 970 g/mol. The Balaban J connectivity index is 0.000000128. The van der Waals surface area contributed by atoms with Crippen LogP contribution in [0.2, 0.25) is 0 Å². The van der Waals surface area contributed by atoms with E-state index in [0.717, 1.165) is 82.9 Å². The maximum Gasteiger partial charge on any atom is 0.256 e. The first-order valence-electron chi connectivity index (χ1n) is 25.6. The number of aryl methyl sites for hydroxylation is 2. The minimum Gasteiger partial charge on any atom is -0.385 e. The summed E-state index contributed by atoms with van der Waals surface area (Å²) in [4.78, 5) is 39.4. The summed E-state index contributed by atoms with van der Waals surface area (Å²) in [6, 6.07) is 13.5. The lowest BCUT2D eigenvalue weighted by atomic mass is 9.89. The number of hydrogen-bond acceptors (Lipinski definition) is 15. The minimum absolute atomic E-state index is 0.108. The van der Waals surface area contributed by atoms with Crippen molar-refractivity contribution in [2.24, 2.45) is 0 Å². The molecule has 3 aromatic heterocycles. The van der Waals surface area contributed by atoms with Crippen LogP contribution in [0.4, 0.5) is 47.7 Å². The summed E-state index contributed by atoms with van der Waals surface area (Å²) in [6.45, 7) is 1.98. The number of fused-ring (bicyclic) bond motifs is 6. The summed E-state index contributed by atoms with van der Waals surface area (Å²) in [5, 5.41) is 22.9. The van der Waals surface area contributed by atoms with E-state index in [0.29, 0.717) is 98.7 Å². The highest BCUT2D eigenvalue weighted by atomic mass is 19.1. The number of nitrogens with two attached hydrogens (primary N) is 3. The molecule has 6 aromatic rings. The Kier molecular flexibility index (Phi) is 14.7. The molecule has 396 valence electrons. The highest BCUT2D eigenvalue weighted by molar-refractivity contribution is 5.92. The largest absolute Gasteiger partial charge is 0.385 e. The van der Waals surface area contributed by atoms with E-state index in [-0.39, 0.29) is 53.5 Å². The Bertz CT molecular complexity index is 3010. The molecule has 0 radical (unpaired) electrons. The third-order valence-corrected chi connectivity index (χ3v) is 15.7. The lowest BCUT2D eigenvalue weighted by Crippen LogP contribution is -2.30. The third-order valence-electron chi connectivity index (χ3n) is 15.7. The number of methoxy groups -OCH3 is 3. The Morgan fingerprint density at radius 1 is 0.507 bits per heavy atom. The molecule has 1 unspecified atom stereocenters. The highest BCUT2D eigenvalue weighted by Gasteiger charge is 2.37. The number of carbonyl (C=O) groups is 3. The highest BCUT2D eigenvalue weighted by Crippen LogP contribution is 2.39. The van der Waals surface area contributed by atoms with Crippen molar-refractivity contribution in [1.29, 1.82) is 0 Å². The van der Waals surface area contributed by atoms with Crippen molar-refractivity contribution in [3.8, 4) is 0 Å². The van der Waals surface area contributed by atoms with Gasteiger partial charge in [-0.05, 0) is 129 Å². The van der Waals surface area contributed by atoms with E-state index in [1.165, 1.54) is 50.4 Å². The van der Waals surface area contributed by atoms with Crippen molar-refractivity contribution >= 4 is 52.2 Å². The SMILES string of the molecule is CO[C@@H]1CCc2c(c(N)nn2C(=O)C2CCNc3ccc(F)cc32)C1.CO[C@@H]1CCc2nn(C(=O)[C@@H]3CCNc4ccc(F)cc43)c(N)c2C1.CO[C@@H]1CCc2nn(C(=O)[C@H]3CCNc4ccc(F)cc43)c(N)c2C1. The number of halogens is 3. The number of carbonyl (C=O) groups excluding carboxylic acids is 3. The molecule has 0 spiro atoms. The number of nitrogens with zero attached hydrogens (tertiary/aromatic N) is 6. The molecule has 3 aliphatic carbocycles. The number of nitrogens with one attached hydrogen (secondary N) is 3. The van der Waals surface area contributed by atoms with Crippen LogP contribution in [0.5, 0.6) is 0 Å². The van der Waals surface area contributed by atoms with Gasteiger partial charge in [-0.2, -0.15) is 19.6 Å². The first-order valence-corrected chi connectivity index (χ1v) is 25.6. The van der Waals surface area contributed by atoms with Gasteiger partial charge in [0.2, 0.25) is 0 Å². The zero-order valence-electron chi connectivity index (χ0n) is 42.3. The van der Waals surface area contributed by atoms with Crippen LogP contribution in [0, 0.1) is 17.5 Å². The number of benzene rings is 3. The summed E-state index contributed by atoms with van der Waals surface area (Å²) in [7, 11) is 5.05. The van der Waals surface area contributed by atoms with Crippen molar-refractivity contribution in [1.82, 2.24) is 29.3 Å². The number of aromatic nitrogens is 6. The van der Waals surface area contributed by atoms with Gasteiger partial charge in [-0.3, -0.25) is 14.4 Å². The molecule has 6 atom stereocenters. The van der Waals surface area contributed by atoms with Gasteiger partial charge in [-0.15, -0.1) is 5.10 Å². The average Bonchev–Trinajstić information content (AvgIpc) is 4.08. The fourth-order valence-electron chi connectivity index (χ4n) is 11.5. The molecule has 18 nitrogen and oxygen atoms in total. The number of hydrogen-bond donors (Lipinski definition) is 6. The maximum atomic E-state index is 13.7. The molecular formula is C54H63F3N12O6. The Morgan fingerprint density at radius 2 is 0.867 bits per heavy atom. The normalized spacial score (nSPS) is 22.0. The summed E-state index contributed by atoms with van der Waals surface area (Å²) < 4.78 is 61.4. The lowest BCUT2D eigenvalue weighted by molar-refractivity contribution is 0.0821. The molecule has 6 aliphatic rings. The first kappa shape index (κ1) is 51.3. The van der Waals surface area contributed by atoms with Crippen LogP contribution in [-0.4, -0.2) is 106 Å². The quantitative estimate of drug-likeness (QED) is 0.0979. The molecule has 9 N–H and O–H groups in total. The number of anilines is 6. The minimum atomic E-state index is -0.450. The van der Waals surface area contributed by atoms with Gasteiger partial charge >= 0.3 is 0 Å². The van der Waals surface area contributed by atoms with Gasteiger partial charge in [-0.1, -0.05) is 0 Å². The summed E-state index contributed by atoms with van der Waals surface area (Å²) in [5.74, 6) is -1.74. The fourth-order valence-corrected chi connectivity index (χ4v) is 11.5. The Hall–Kier alpha value is -7.23. The lowest BCUT2D eigenvalue weighted by Gasteiger charge is -2.27. The van der Waals surface area contributed by atoms with Crippen molar-refractivity contribution in [2.75, 3.05) is 74.1 Å². The molecule has 6 heterocycles. The smallest absolute Gasteiger partial charge is 0.256 e. The number of nitrogen functional groups attached to an aromatic ring is 3. The zero-order valence-corrected chi connectivity index (χ0v) is 42.3. The Labute approximate surface area is 431 Å².